The molecule has 0 aliphatic rings. The summed E-state index contributed by atoms with van der Waals surface area (Å²) < 4.78 is 0.0446. The van der Waals surface area contributed by atoms with Gasteiger partial charge in [0.1, 0.15) is 5.69 Å². The molecule has 0 radical (unpaired) electrons. The maximum atomic E-state index is 13.5. The van der Waals surface area contributed by atoms with Crippen molar-refractivity contribution < 1.29 is 14.7 Å². The van der Waals surface area contributed by atoms with E-state index in [-0.39, 0.29) is 22.9 Å². The van der Waals surface area contributed by atoms with Crippen LogP contribution in [0.3, 0.4) is 0 Å². The SMILES string of the molecule is Cc1ccc([N+](C)(C)C(=O)Nc2cc(C(C)CC(=O)O)ccc2N(CC(C)C)CC(C)C)cc1. The van der Waals surface area contributed by atoms with Gasteiger partial charge < -0.3 is 10.0 Å². The molecule has 2 N–H and O–H groups in total. The smallest absolute Gasteiger partial charge is 0.425 e. The number of aliphatic carboxylic acids is 1. The molecular weight excluding hydrogens is 426 g/mol. The first-order valence-corrected chi connectivity index (χ1v) is 12.1. The Labute approximate surface area is 205 Å². The highest BCUT2D eigenvalue weighted by Crippen LogP contribution is 2.33. The number of carboxylic acid groups (broad SMARTS) is 1. The van der Waals surface area contributed by atoms with Gasteiger partial charge in [0.05, 0.1) is 31.9 Å². The largest absolute Gasteiger partial charge is 0.481 e. The van der Waals surface area contributed by atoms with Crippen molar-refractivity contribution in [3.8, 4) is 0 Å². The molecular formula is C28H42N3O3+. The average molecular weight is 469 g/mol. The molecule has 0 heterocycles. The summed E-state index contributed by atoms with van der Waals surface area (Å²) in [5.74, 6) is -0.0913. The van der Waals surface area contributed by atoms with Crippen LogP contribution in [0.1, 0.15) is 58.1 Å². The van der Waals surface area contributed by atoms with Crippen LogP contribution < -0.4 is 14.7 Å². The van der Waals surface area contributed by atoms with Crippen LogP contribution >= 0.6 is 0 Å². The Bertz CT molecular complexity index is 971. The molecule has 0 saturated carbocycles. The normalized spacial score (nSPS) is 12.6. The van der Waals surface area contributed by atoms with Gasteiger partial charge in [-0.2, -0.15) is 0 Å². The number of carboxylic acids is 1. The van der Waals surface area contributed by atoms with Crippen molar-refractivity contribution in [2.45, 2.75) is 53.9 Å². The van der Waals surface area contributed by atoms with E-state index in [9.17, 15) is 14.7 Å². The van der Waals surface area contributed by atoms with E-state index in [4.69, 9.17) is 0 Å². The van der Waals surface area contributed by atoms with E-state index in [1.165, 1.54) is 0 Å². The molecule has 34 heavy (non-hydrogen) atoms. The zero-order valence-corrected chi connectivity index (χ0v) is 22.1. The fourth-order valence-electron chi connectivity index (χ4n) is 4.06. The van der Waals surface area contributed by atoms with Crippen LogP contribution in [0.2, 0.25) is 0 Å². The molecule has 6 heteroatoms. The lowest BCUT2D eigenvalue weighted by molar-refractivity contribution is -0.137. The summed E-state index contributed by atoms with van der Waals surface area (Å²) in [6.07, 6.45) is 0.0410. The summed E-state index contributed by atoms with van der Waals surface area (Å²) in [5, 5.41) is 12.5. The van der Waals surface area contributed by atoms with Gasteiger partial charge in [0.15, 0.2) is 0 Å². The molecule has 2 aromatic rings. The van der Waals surface area contributed by atoms with Crippen molar-refractivity contribution in [1.29, 1.82) is 0 Å². The molecule has 0 aromatic heterocycles. The number of rotatable bonds is 10. The van der Waals surface area contributed by atoms with Crippen molar-refractivity contribution in [3.63, 3.8) is 0 Å². The zero-order chi connectivity index (χ0) is 25.6. The maximum absolute atomic E-state index is 13.5. The number of nitrogens with zero attached hydrogens (tertiary/aromatic N) is 2. The number of nitrogens with one attached hydrogen (secondary N) is 1. The number of anilines is 2. The minimum Gasteiger partial charge on any atom is -0.481 e. The van der Waals surface area contributed by atoms with Gasteiger partial charge in [0.2, 0.25) is 0 Å². The molecule has 0 aliphatic heterocycles. The Morgan fingerprint density at radius 3 is 2.00 bits per heavy atom. The van der Waals surface area contributed by atoms with Crippen LogP contribution in [0, 0.1) is 18.8 Å². The molecule has 0 bridgehead atoms. The van der Waals surface area contributed by atoms with Crippen molar-refractivity contribution in [1.82, 2.24) is 4.48 Å². The molecule has 0 fully saturated rings. The van der Waals surface area contributed by atoms with Crippen molar-refractivity contribution in [2.24, 2.45) is 11.8 Å². The van der Waals surface area contributed by atoms with E-state index < -0.39 is 5.97 Å². The van der Waals surface area contributed by atoms with Gasteiger partial charge in [0, 0.05) is 13.1 Å². The predicted molar refractivity (Wildman–Crippen MR) is 143 cm³/mol. The summed E-state index contributed by atoms with van der Waals surface area (Å²) in [5.41, 5.74) is 4.62. The van der Waals surface area contributed by atoms with E-state index in [1.807, 2.05) is 70.4 Å². The van der Waals surface area contributed by atoms with Crippen LogP contribution in [-0.4, -0.2) is 44.3 Å². The van der Waals surface area contributed by atoms with Crippen LogP contribution in [0.25, 0.3) is 0 Å². The minimum atomic E-state index is -0.833. The lowest BCUT2D eigenvalue weighted by Gasteiger charge is -2.32. The Morgan fingerprint density at radius 2 is 1.50 bits per heavy atom. The van der Waals surface area contributed by atoms with Gasteiger partial charge >= 0.3 is 12.0 Å². The highest BCUT2D eigenvalue weighted by Gasteiger charge is 2.31. The van der Waals surface area contributed by atoms with E-state index in [0.29, 0.717) is 11.8 Å². The molecule has 2 amide bonds. The Kier molecular flexibility index (Phi) is 9.28. The molecule has 1 unspecified atom stereocenters. The topological polar surface area (TPSA) is 69.6 Å². The molecule has 0 aliphatic carbocycles. The number of aryl methyl sites for hydroxylation is 1. The second-order valence-corrected chi connectivity index (χ2v) is 10.7. The number of benzene rings is 2. The van der Waals surface area contributed by atoms with Crippen LogP contribution in [0.5, 0.6) is 0 Å². The number of amides is 2. The quantitative estimate of drug-likeness (QED) is 0.391. The molecule has 2 aromatic carbocycles. The summed E-state index contributed by atoms with van der Waals surface area (Å²) in [6.45, 7) is 14.4. The van der Waals surface area contributed by atoms with Crippen molar-refractivity contribution in [3.05, 3.63) is 53.6 Å². The molecule has 2 rings (SSSR count). The van der Waals surface area contributed by atoms with Gasteiger partial charge in [-0.05, 0) is 54.5 Å². The van der Waals surface area contributed by atoms with E-state index >= 15 is 0 Å². The average Bonchev–Trinajstić information content (AvgIpc) is 2.72. The van der Waals surface area contributed by atoms with E-state index in [1.54, 1.807) is 0 Å². The van der Waals surface area contributed by atoms with Crippen molar-refractivity contribution >= 4 is 29.1 Å². The van der Waals surface area contributed by atoms with Gasteiger partial charge in [-0.1, -0.05) is 58.4 Å². The second-order valence-electron chi connectivity index (χ2n) is 10.7. The third kappa shape index (κ3) is 7.32. The fourth-order valence-corrected chi connectivity index (χ4v) is 4.06. The van der Waals surface area contributed by atoms with E-state index in [0.717, 1.165) is 41.3 Å². The summed E-state index contributed by atoms with van der Waals surface area (Å²) in [4.78, 5) is 27.2. The third-order valence-corrected chi connectivity index (χ3v) is 6.01. The van der Waals surface area contributed by atoms with Gasteiger partial charge in [-0.3, -0.25) is 10.1 Å². The Hall–Kier alpha value is -2.86. The first-order valence-electron chi connectivity index (χ1n) is 12.1. The molecule has 1 atom stereocenters. The minimum absolute atomic E-state index is 0.0410. The number of urea groups is 1. The molecule has 186 valence electrons. The Balaban J connectivity index is 2.50. The van der Waals surface area contributed by atoms with Gasteiger partial charge in [-0.15, -0.1) is 0 Å². The number of quaternary nitrogens is 1. The predicted octanol–water partition coefficient (Wildman–Crippen LogP) is 6.49. The molecule has 0 saturated heterocycles. The van der Waals surface area contributed by atoms with Crippen LogP contribution in [0.4, 0.5) is 21.9 Å². The number of hydrogen-bond donors (Lipinski definition) is 2. The lowest BCUT2D eigenvalue weighted by atomic mass is 9.96. The number of carbonyl (C=O) groups excluding carboxylic acids is 1. The zero-order valence-electron chi connectivity index (χ0n) is 22.1. The molecule has 6 nitrogen and oxygen atoms in total. The highest BCUT2D eigenvalue weighted by molar-refractivity contribution is 5.99. The molecule has 0 spiro atoms. The first-order chi connectivity index (χ1) is 15.8. The third-order valence-electron chi connectivity index (χ3n) is 6.01. The second kappa shape index (κ2) is 11.5. The summed E-state index contributed by atoms with van der Waals surface area (Å²) in [7, 11) is 3.74. The van der Waals surface area contributed by atoms with Crippen molar-refractivity contribution in [2.75, 3.05) is 37.4 Å². The first kappa shape index (κ1) is 27.4. The van der Waals surface area contributed by atoms with Crippen LogP contribution in [-0.2, 0) is 4.79 Å². The van der Waals surface area contributed by atoms with E-state index in [2.05, 4.69) is 37.9 Å². The van der Waals surface area contributed by atoms with Crippen LogP contribution in [0.15, 0.2) is 42.5 Å². The standard InChI is InChI=1S/C28H41N3O3/c1-19(2)17-30(18-20(3)4)26-14-11-23(22(6)15-27(32)33)16-25(26)29-28(34)31(7,8)24-12-9-21(5)10-13-24/h9-14,16,19-20,22H,15,17-18H2,1-8H3,(H-,29,32,33,34)/p+1. The highest BCUT2D eigenvalue weighted by atomic mass is 16.4. The lowest BCUT2D eigenvalue weighted by Crippen LogP contribution is -2.49. The fraction of sp³-hybridized carbons (Fsp3) is 0.500. The maximum Gasteiger partial charge on any atom is 0.425 e. The summed E-state index contributed by atoms with van der Waals surface area (Å²) >= 11 is 0. The van der Waals surface area contributed by atoms with Gasteiger partial charge in [-0.25, -0.2) is 9.28 Å². The number of carbonyl (C=O) groups is 2. The Morgan fingerprint density at radius 1 is 0.941 bits per heavy atom. The number of hydrogen-bond acceptors (Lipinski definition) is 3. The van der Waals surface area contributed by atoms with Gasteiger partial charge in [0.25, 0.3) is 0 Å². The summed E-state index contributed by atoms with van der Waals surface area (Å²) in [6, 6.07) is 13.8. The monoisotopic (exact) mass is 468 g/mol.